The molecule has 1 saturated carbocycles. The van der Waals surface area contributed by atoms with Gasteiger partial charge < -0.3 is 11.1 Å². The highest BCUT2D eigenvalue weighted by molar-refractivity contribution is 4.76. The van der Waals surface area contributed by atoms with E-state index in [0.717, 1.165) is 45.2 Å². The maximum atomic E-state index is 12.7. The molecular weight excluding hydrogens is 155 g/mol. The van der Waals surface area contributed by atoms with Gasteiger partial charge in [0, 0.05) is 6.04 Å². The summed E-state index contributed by atoms with van der Waals surface area (Å²) in [6.07, 6.45) is 3.94. The van der Waals surface area contributed by atoms with Gasteiger partial charge in [0.15, 0.2) is 0 Å². The van der Waals surface area contributed by atoms with Crippen molar-refractivity contribution >= 4 is 0 Å². The average molecular weight is 174 g/mol. The summed E-state index contributed by atoms with van der Waals surface area (Å²) in [4.78, 5) is 0. The van der Waals surface area contributed by atoms with Crippen LogP contribution in [-0.4, -0.2) is 25.3 Å². The standard InChI is InChI=1S/C9H19FN2/c10-8-2-4-9(5-3-8)12-7-1-6-11/h8-9,12H,1-7,11H2. The topological polar surface area (TPSA) is 38.0 Å². The molecule has 0 aromatic carbocycles. The van der Waals surface area contributed by atoms with E-state index in [0.29, 0.717) is 6.04 Å². The molecule has 0 radical (unpaired) electrons. The fourth-order valence-electron chi connectivity index (χ4n) is 1.67. The third-order valence-corrected chi connectivity index (χ3v) is 2.47. The van der Waals surface area contributed by atoms with E-state index >= 15 is 0 Å². The van der Waals surface area contributed by atoms with Crippen molar-refractivity contribution in [2.75, 3.05) is 13.1 Å². The van der Waals surface area contributed by atoms with E-state index in [4.69, 9.17) is 5.73 Å². The van der Waals surface area contributed by atoms with Crippen molar-refractivity contribution in [1.29, 1.82) is 0 Å². The minimum Gasteiger partial charge on any atom is -0.330 e. The van der Waals surface area contributed by atoms with Crippen molar-refractivity contribution in [2.45, 2.75) is 44.3 Å². The van der Waals surface area contributed by atoms with Crippen LogP contribution in [0.4, 0.5) is 4.39 Å². The molecule has 0 heterocycles. The first kappa shape index (κ1) is 9.93. The number of alkyl halides is 1. The fraction of sp³-hybridized carbons (Fsp3) is 1.00. The smallest absolute Gasteiger partial charge is 0.100 e. The second-order valence-corrected chi connectivity index (χ2v) is 3.55. The van der Waals surface area contributed by atoms with Crippen molar-refractivity contribution in [3.8, 4) is 0 Å². The van der Waals surface area contributed by atoms with E-state index < -0.39 is 6.17 Å². The molecule has 0 spiro atoms. The highest BCUT2D eigenvalue weighted by Gasteiger charge is 2.19. The van der Waals surface area contributed by atoms with Gasteiger partial charge in [-0.2, -0.15) is 0 Å². The Morgan fingerprint density at radius 1 is 1.25 bits per heavy atom. The normalized spacial score (nSPS) is 30.5. The molecule has 1 aliphatic rings. The summed E-state index contributed by atoms with van der Waals surface area (Å²) in [5.41, 5.74) is 5.37. The van der Waals surface area contributed by atoms with Crippen LogP contribution in [0, 0.1) is 0 Å². The van der Waals surface area contributed by atoms with Crippen LogP contribution >= 0.6 is 0 Å². The number of hydrogen-bond acceptors (Lipinski definition) is 2. The summed E-state index contributed by atoms with van der Waals surface area (Å²) in [5.74, 6) is 0. The molecule has 0 aromatic rings. The summed E-state index contributed by atoms with van der Waals surface area (Å²) >= 11 is 0. The van der Waals surface area contributed by atoms with Crippen LogP contribution in [0.1, 0.15) is 32.1 Å². The van der Waals surface area contributed by atoms with Gasteiger partial charge in [-0.05, 0) is 45.2 Å². The summed E-state index contributed by atoms with van der Waals surface area (Å²) in [6, 6.07) is 0.545. The van der Waals surface area contributed by atoms with Gasteiger partial charge in [-0.1, -0.05) is 0 Å². The van der Waals surface area contributed by atoms with Gasteiger partial charge in [0.25, 0.3) is 0 Å². The van der Waals surface area contributed by atoms with E-state index in [-0.39, 0.29) is 0 Å². The molecule has 3 heteroatoms. The predicted molar refractivity (Wildman–Crippen MR) is 48.8 cm³/mol. The highest BCUT2D eigenvalue weighted by Crippen LogP contribution is 2.20. The third kappa shape index (κ3) is 3.50. The Morgan fingerprint density at radius 2 is 1.92 bits per heavy atom. The van der Waals surface area contributed by atoms with Gasteiger partial charge in [-0.15, -0.1) is 0 Å². The van der Waals surface area contributed by atoms with Crippen molar-refractivity contribution in [1.82, 2.24) is 5.32 Å². The Bertz CT molecular complexity index is 111. The molecule has 0 aliphatic heterocycles. The number of nitrogens with two attached hydrogens (primary N) is 1. The van der Waals surface area contributed by atoms with Crippen LogP contribution in [0.15, 0.2) is 0 Å². The maximum Gasteiger partial charge on any atom is 0.100 e. The Labute approximate surface area is 73.7 Å². The highest BCUT2D eigenvalue weighted by atomic mass is 19.1. The first-order chi connectivity index (χ1) is 5.83. The van der Waals surface area contributed by atoms with Gasteiger partial charge in [-0.3, -0.25) is 0 Å². The van der Waals surface area contributed by atoms with Gasteiger partial charge in [-0.25, -0.2) is 4.39 Å². The Hall–Kier alpha value is -0.150. The summed E-state index contributed by atoms with van der Waals surface area (Å²) < 4.78 is 12.7. The molecule has 2 nitrogen and oxygen atoms in total. The summed E-state index contributed by atoms with van der Waals surface area (Å²) in [7, 11) is 0. The molecule has 0 atom stereocenters. The lowest BCUT2D eigenvalue weighted by atomic mass is 9.94. The minimum atomic E-state index is -0.544. The van der Waals surface area contributed by atoms with Crippen LogP contribution in [0.25, 0.3) is 0 Å². The third-order valence-electron chi connectivity index (χ3n) is 2.47. The number of rotatable bonds is 4. The van der Waals surface area contributed by atoms with Crippen LogP contribution in [0.5, 0.6) is 0 Å². The molecule has 1 aliphatic carbocycles. The molecule has 1 rings (SSSR count). The Balaban J connectivity index is 2.01. The minimum absolute atomic E-state index is 0.544. The lowest BCUT2D eigenvalue weighted by molar-refractivity contribution is 0.220. The summed E-state index contributed by atoms with van der Waals surface area (Å²) in [5, 5.41) is 3.40. The van der Waals surface area contributed by atoms with E-state index in [2.05, 4.69) is 5.32 Å². The Morgan fingerprint density at radius 3 is 2.50 bits per heavy atom. The number of nitrogens with one attached hydrogen (secondary N) is 1. The quantitative estimate of drug-likeness (QED) is 0.629. The van der Waals surface area contributed by atoms with E-state index in [1.165, 1.54) is 0 Å². The first-order valence-electron chi connectivity index (χ1n) is 4.90. The van der Waals surface area contributed by atoms with Crippen molar-refractivity contribution < 1.29 is 4.39 Å². The summed E-state index contributed by atoms with van der Waals surface area (Å²) in [6.45, 7) is 1.73. The predicted octanol–water partition coefficient (Wildman–Crippen LogP) is 1.21. The molecule has 1 fully saturated rings. The molecule has 0 saturated heterocycles. The fourth-order valence-corrected chi connectivity index (χ4v) is 1.67. The molecule has 0 amide bonds. The largest absolute Gasteiger partial charge is 0.330 e. The van der Waals surface area contributed by atoms with Crippen LogP contribution in [0.2, 0.25) is 0 Å². The molecule has 3 N–H and O–H groups in total. The number of hydrogen-bond donors (Lipinski definition) is 2. The van der Waals surface area contributed by atoms with E-state index in [9.17, 15) is 4.39 Å². The van der Waals surface area contributed by atoms with E-state index in [1.807, 2.05) is 0 Å². The van der Waals surface area contributed by atoms with Crippen molar-refractivity contribution in [2.24, 2.45) is 5.73 Å². The van der Waals surface area contributed by atoms with Crippen LogP contribution in [-0.2, 0) is 0 Å². The van der Waals surface area contributed by atoms with Crippen LogP contribution < -0.4 is 11.1 Å². The van der Waals surface area contributed by atoms with Gasteiger partial charge >= 0.3 is 0 Å². The van der Waals surface area contributed by atoms with Gasteiger partial charge in [0.05, 0.1) is 0 Å². The lowest BCUT2D eigenvalue weighted by Gasteiger charge is -2.25. The van der Waals surface area contributed by atoms with Crippen LogP contribution in [0.3, 0.4) is 0 Å². The molecule has 72 valence electrons. The SMILES string of the molecule is NCCCNC1CCC(F)CC1. The zero-order valence-electron chi connectivity index (χ0n) is 7.56. The zero-order valence-corrected chi connectivity index (χ0v) is 7.56. The second kappa shape index (κ2) is 5.49. The average Bonchev–Trinajstić information content (AvgIpc) is 2.09. The van der Waals surface area contributed by atoms with Crippen molar-refractivity contribution in [3.63, 3.8) is 0 Å². The maximum absolute atomic E-state index is 12.7. The Kier molecular flexibility index (Phi) is 4.54. The molecule has 0 unspecified atom stereocenters. The van der Waals surface area contributed by atoms with Gasteiger partial charge in [0.1, 0.15) is 6.17 Å². The molecular formula is C9H19FN2. The number of halogens is 1. The molecule has 12 heavy (non-hydrogen) atoms. The second-order valence-electron chi connectivity index (χ2n) is 3.55. The molecule has 0 bridgehead atoms. The first-order valence-corrected chi connectivity index (χ1v) is 4.90. The lowest BCUT2D eigenvalue weighted by Crippen LogP contribution is -2.34. The monoisotopic (exact) mass is 174 g/mol. The zero-order chi connectivity index (χ0) is 8.81. The van der Waals surface area contributed by atoms with Crippen molar-refractivity contribution in [3.05, 3.63) is 0 Å². The van der Waals surface area contributed by atoms with E-state index in [1.54, 1.807) is 0 Å². The molecule has 0 aromatic heterocycles. The van der Waals surface area contributed by atoms with Gasteiger partial charge in [0.2, 0.25) is 0 Å².